The van der Waals surface area contributed by atoms with Crippen LogP contribution < -0.4 is 5.73 Å². The molecule has 0 aromatic heterocycles. The highest BCUT2D eigenvalue weighted by Gasteiger charge is 2.44. The van der Waals surface area contributed by atoms with E-state index in [-0.39, 0.29) is 11.5 Å². The molecule has 1 aliphatic heterocycles. The molecule has 1 saturated heterocycles. The van der Waals surface area contributed by atoms with Crippen LogP contribution in [0, 0.1) is 5.92 Å². The Bertz CT molecular complexity index is 222. The van der Waals surface area contributed by atoms with Gasteiger partial charge in [0.2, 0.25) is 0 Å². The molecule has 1 aliphatic rings. The lowest BCUT2D eigenvalue weighted by molar-refractivity contribution is -0.173. The second-order valence-electron chi connectivity index (χ2n) is 5.40. The fourth-order valence-corrected chi connectivity index (χ4v) is 2.79. The molecule has 0 bridgehead atoms. The van der Waals surface area contributed by atoms with Gasteiger partial charge < -0.3 is 15.6 Å². The van der Waals surface area contributed by atoms with E-state index < -0.39 is 5.60 Å². The standard InChI is InChI=1S/C13H27NO2/c1-4-6-11(9-14)13(15)7-8-16-12(3,5-2)10-13/h11,15H,4-10,14H2,1-3H3. The van der Waals surface area contributed by atoms with E-state index >= 15 is 0 Å². The van der Waals surface area contributed by atoms with E-state index in [1.54, 1.807) is 0 Å². The molecule has 0 radical (unpaired) electrons. The Morgan fingerprint density at radius 1 is 1.44 bits per heavy atom. The molecule has 3 atom stereocenters. The van der Waals surface area contributed by atoms with Crippen molar-refractivity contribution < 1.29 is 9.84 Å². The first-order chi connectivity index (χ1) is 7.49. The monoisotopic (exact) mass is 229 g/mol. The third-order valence-corrected chi connectivity index (χ3v) is 4.10. The molecule has 3 nitrogen and oxygen atoms in total. The smallest absolute Gasteiger partial charge is 0.0737 e. The summed E-state index contributed by atoms with van der Waals surface area (Å²) in [5, 5.41) is 10.8. The molecule has 1 fully saturated rings. The van der Waals surface area contributed by atoms with Crippen LogP contribution in [0.25, 0.3) is 0 Å². The Hall–Kier alpha value is -0.120. The van der Waals surface area contributed by atoms with Crippen molar-refractivity contribution in [3.05, 3.63) is 0 Å². The van der Waals surface area contributed by atoms with Crippen molar-refractivity contribution in [3.63, 3.8) is 0 Å². The molecule has 96 valence electrons. The first-order valence-electron chi connectivity index (χ1n) is 6.56. The van der Waals surface area contributed by atoms with Gasteiger partial charge >= 0.3 is 0 Å². The number of aliphatic hydroxyl groups is 1. The summed E-state index contributed by atoms with van der Waals surface area (Å²) in [6.07, 6.45) is 4.47. The van der Waals surface area contributed by atoms with Gasteiger partial charge in [0.15, 0.2) is 0 Å². The maximum Gasteiger partial charge on any atom is 0.0737 e. The van der Waals surface area contributed by atoms with Gasteiger partial charge in [-0.25, -0.2) is 0 Å². The molecular weight excluding hydrogens is 202 g/mol. The maximum absolute atomic E-state index is 10.8. The number of ether oxygens (including phenoxy) is 1. The third kappa shape index (κ3) is 2.96. The molecule has 0 aliphatic carbocycles. The summed E-state index contributed by atoms with van der Waals surface area (Å²) in [6, 6.07) is 0. The highest BCUT2D eigenvalue weighted by Crippen LogP contribution is 2.40. The first kappa shape index (κ1) is 13.9. The van der Waals surface area contributed by atoms with Crippen molar-refractivity contribution in [1.29, 1.82) is 0 Å². The Balaban J connectivity index is 2.74. The van der Waals surface area contributed by atoms with Gasteiger partial charge in [0, 0.05) is 12.3 Å². The average molecular weight is 229 g/mol. The lowest BCUT2D eigenvalue weighted by Crippen LogP contribution is -2.53. The number of hydrogen-bond acceptors (Lipinski definition) is 3. The summed E-state index contributed by atoms with van der Waals surface area (Å²) in [4.78, 5) is 0. The van der Waals surface area contributed by atoms with Gasteiger partial charge in [0.1, 0.15) is 0 Å². The van der Waals surface area contributed by atoms with Crippen molar-refractivity contribution in [2.45, 2.75) is 64.1 Å². The molecule has 0 spiro atoms. The van der Waals surface area contributed by atoms with Gasteiger partial charge in [-0.2, -0.15) is 0 Å². The zero-order chi connectivity index (χ0) is 12.2. The topological polar surface area (TPSA) is 55.5 Å². The molecule has 1 heterocycles. The van der Waals surface area contributed by atoms with Crippen molar-refractivity contribution in [1.82, 2.24) is 0 Å². The number of rotatable bonds is 5. The van der Waals surface area contributed by atoms with Crippen LogP contribution in [0.15, 0.2) is 0 Å². The zero-order valence-corrected chi connectivity index (χ0v) is 11.0. The molecule has 0 amide bonds. The lowest BCUT2D eigenvalue weighted by atomic mass is 9.72. The highest BCUT2D eigenvalue weighted by atomic mass is 16.5. The van der Waals surface area contributed by atoms with Gasteiger partial charge in [-0.15, -0.1) is 0 Å². The van der Waals surface area contributed by atoms with E-state index in [9.17, 15) is 5.11 Å². The summed E-state index contributed by atoms with van der Waals surface area (Å²) >= 11 is 0. The second-order valence-corrected chi connectivity index (χ2v) is 5.40. The minimum atomic E-state index is -0.617. The van der Waals surface area contributed by atoms with Crippen molar-refractivity contribution in [3.8, 4) is 0 Å². The van der Waals surface area contributed by atoms with Crippen LogP contribution in [0.1, 0.15) is 52.9 Å². The van der Waals surface area contributed by atoms with Crippen LogP contribution in [0.4, 0.5) is 0 Å². The van der Waals surface area contributed by atoms with Gasteiger partial charge in [-0.3, -0.25) is 0 Å². The van der Waals surface area contributed by atoms with Crippen LogP contribution in [0.2, 0.25) is 0 Å². The van der Waals surface area contributed by atoms with Crippen molar-refractivity contribution in [2.75, 3.05) is 13.2 Å². The lowest BCUT2D eigenvalue weighted by Gasteiger charge is -2.46. The van der Waals surface area contributed by atoms with Crippen LogP contribution in [-0.4, -0.2) is 29.5 Å². The Labute approximate surface area is 99.4 Å². The van der Waals surface area contributed by atoms with Crippen molar-refractivity contribution in [2.24, 2.45) is 11.7 Å². The number of nitrogens with two attached hydrogens (primary N) is 1. The SMILES string of the molecule is CCCC(CN)C1(O)CCOC(C)(CC)C1. The fraction of sp³-hybridized carbons (Fsp3) is 1.00. The predicted molar refractivity (Wildman–Crippen MR) is 66.3 cm³/mol. The maximum atomic E-state index is 10.8. The van der Waals surface area contributed by atoms with Gasteiger partial charge in [0.05, 0.1) is 17.8 Å². The van der Waals surface area contributed by atoms with Gasteiger partial charge in [-0.05, 0) is 32.7 Å². The fourth-order valence-electron chi connectivity index (χ4n) is 2.79. The van der Waals surface area contributed by atoms with Gasteiger partial charge in [0.25, 0.3) is 0 Å². The molecule has 0 aromatic carbocycles. The van der Waals surface area contributed by atoms with Gasteiger partial charge in [-0.1, -0.05) is 20.3 Å². The van der Waals surface area contributed by atoms with E-state index in [1.165, 1.54) is 0 Å². The van der Waals surface area contributed by atoms with E-state index in [0.717, 1.165) is 32.1 Å². The summed E-state index contributed by atoms with van der Waals surface area (Å²) in [7, 11) is 0. The molecule has 0 aromatic rings. The Morgan fingerprint density at radius 3 is 2.62 bits per heavy atom. The molecule has 1 rings (SSSR count). The quantitative estimate of drug-likeness (QED) is 0.759. The van der Waals surface area contributed by atoms with Crippen LogP contribution in [-0.2, 0) is 4.74 Å². The largest absolute Gasteiger partial charge is 0.389 e. The third-order valence-electron chi connectivity index (χ3n) is 4.10. The summed E-state index contributed by atoms with van der Waals surface area (Å²) in [6.45, 7) is 7.58. The van der Waals surface area contributed by atoms with E-state index in [4.69, 9.17) is 10.5 Å². The highest BCUT2D eigenvalue weighted by molar-refractivity contribution is 4.96. The summed E-state index contributed by atoms with van der Waals surface area (Å²) < 4.78 is 5.78. The van der Waals surface area contributed by atoms with Crippen LogP contribution in [0.3, 0.4) is 0 Å². The number of hydrogen-bond donors (Lipinski definition) is 2. The molecule has 3 N–H and O–H groups in total. The Kier molecular flexibility index (Phi) is 4.77. The average Bonchev–Trinajstić information content (AvgIpc) is 2.25. The minimum Gasteiger partial charge on any atom is -0.389 e. The summed E-state index contributed by atoms with van der Waals surface area (Å²) in [5.41, 5.74) is 5.01. The van der Waals surface area contributed by atoms with E-state index in [0.29, 0.717) is 13.2 Å². The molecule has 16 heavy (non-hydrogen) atoms. The summed E-state index contributed by atoms with van der Waals surface area (Å²) in [5.74, 6) is 0.215. The zero-order valence-electron chi connectivity index (χ0n) is 11.0. The van der Waals surface area contributed by atoms with Crippen molar-refractivity contribution >= 4 is 0 Å². The van der Waals surface area contributed by atoms with E-state index in [1.807, 2.05) is 0 Å². The first-order valence-corrected chi connectivity index (χ1v) is 6.56. The molecule has 3 heteroatoms. The normalized spacial score (nSPS) is 37.3. The second kappa shape index (κ2) is 5.48. The minimum absolute atomic E-state index is 0.172. The molecule has 3 unspecified atom stereocenters. The van der Waals surface area contributed by atoms with Crippen LogP contribution >= 0.6 is 0 Å². The molecule has 0 saturated carbocycles. The predicted octanol–water partition coefficient (Wildman–Crippen LogP) is 2.07. The Morgan fingerprint density at radius 2 is 2.12 bits per heavy atom. The molecular formula is C13H27NO2. The van der Waals surface area contributed by atoms with Crippen LogP contribution in [0.5, 0.6) is 0 Å². The van der Waals surface area contributed by atoms with E-state index in [2.05, 4.69) is 20.8 Å².